The fourth-order valence-electron chi connectivity index (χ4n) is 3.21. The zero-order chi connectivity index (χ0) is 20.5. The SMILES string of the molecule is O=C(N[C@@H]1C[C@H]1NC(=O)c1csc(-c2ccco2)n1)c1cccc(-n2cccc2)c1. The molecule has 150 valence electrons. The molecule has 7 nitrogen and oxygen atoms in total. The molecule has 2 amide bonds. The Kier molecular flexibility index (Phi) is 4.68. The lowest BCUT2D eigenvalue weighted by atomic mass is 10.2. The van der Waals surface area contributed by atoms with Gasteiger partial charge in [-0.3, -0.25) is 9.59 Å². The number of nitrogens with zero attached hydrogens (tertiary/aromatic N) is 2. The lowest BCUT2D eigenvalue weighted by Gasteiger charge is -2.08. The van der Waals surface area contributed by atoms with Crippen LogP contribution in [-0.2, 0) is 0 Å². The van der Waals surface area contributed by atoms with Crippen LogP contribution in [-0.4, -0.2) is 33.4 Å². The van der Waals surface area contributed by atoms with Gasteiger partial charge in [0.15, 0.2) is 10.8 Å². The number of carbonyl (C=O) groups excluding carboxylic acids is 2. The zero-order valence-electron chi connectivity index (χ0n) is 15.8. The predicted octanol–water partition coefficient (Wildman–Crippen LogP) is 3.49. The fourth-order valence-corrected chi connectivity index (χ4v) is 3.98. The van der Waals surface area contributed by atoms with E-state index in [1.807, 2.05) is 47.3 Å². The van der Waals surface area contributed by atoms with Gasteiger partial charge in [-0.1, -0.05) is 6.07 Å². The molecule has 4 aromatic rings. The fraction of sp³-hybridized carbons (Fsp3) is 0.136. The Balaban J connectivity index is 1.17. The van der Waals surface area contributed by atoms with E-state index in [2.05, 4.69) is 15.6 Å². The summed E-state index contributed by atoms with van der Waals surface area (Å²) in [5.41, 5.74) is 1.85. The van der Waals surface area contributed by atoms with Crippen LogP contribution in [0.5, 0.6) is 0 Å². The molecule has 1 saturated carbocycles. The number of aromatic nitrogens is 2. The highest BCUT2D eigenvalue weighted by Gasteiger charge is 2.40. The number of hydrogen-bond donors (Lipinski definition) is 2. The molecular weight excluding hydrogens is 400 g/mol. The Hall–Kier alpha value is -3.65. The van der Waals surface area contributed by atoms with Crippen molar-refractivity contribution in [3.63, 3.8) is 0 Å². The first-order valence-corrected chi connectivity index (χ1v) is 10.4. The summed E-state index contributed by atoms with van der Waals surface area (Å²) < 4.78 is 7.25. The maximum atomic E-state index is 12.6. The molecule has 1 aliphatic rings. The molecule has 0 saturated heterocycles. The smallest absolute Gasteiger partial charge is 0.271 e. The molecule has 2 atom stereocenters. The van der Waals surface area contributed by atoms with Crippen LogP contribution < -0.4 is 10.6 Å². The normalized spacial score (nSPS) is 17.5. The molecule has 30 heavy (non-hydrogen) atoms. The summed E-state index contributed by atoms with van der Waals surface area (Å²) >= 11 is 1.35. The minimum absolute atomic E-state index is 0.0835. The lowest BCUT2D eigenvalue weighted by molar-refractivity contribution is 0.0924. The van der Waals surface area contributed by atoms with Crippen LogP contribution in [0, 0.1) is 0 Å². The van der Waals surface area contributed by atoms with Crippen molar-refractivity contribution < 1.29 is 14.0 Å². The van der Waals surface area contributed by atoms with E-state index >= 15 is 0 Å². The first kappa shape index (κ1) is 18.4. The average molecular weight is 418 g/mol. The van der Waals surface area contributed by atoms with Gasteiger partial charge < -0.3 is 19.6 Å². The summed E-state index contributed by atoms with van der Waals surface area (Å²) in [4.78, 5) is 29.4. The number of amides is 2. The van der Waals surface area contributed by atoms with Crippen molar-refractivity contribution in [3.05, 3.63) is 83.8 Å². The molecule has 0 aliphatic heterocycles. The largest absolute Gasteiger partial charge is 0.462 e. The van der Waals surface area contributed by atoms with Gasteiger partial charge >= 0.3 is 0 Å². The summed E-state index contributed by atoms with van der Waals surface area (Å²) in [7, 11) is 0. The Morgan fingerprint density at radius 2 is 1.83 bits per heavy atom. The quantitative estimate of drug-likeness (QED) is 0.502. The third-order valence-corrected chi connectivity index (χ3v) is 5.76. The molecule has 0 radical (unpaired) electrons. The number of benzene rings is 1. The summed E-state index contributed by atoms with van der Waals surface area (Å²) in [6, 6.07) is 14.7. The second-order valence-electron chi connectivity index (χ2n) is 7.05. The van der Waals surface area contributed by atoms with E-state index in [9.17, 15) is 9.59 Å². The summed E-state index contributed by atoms with van der Waals surface area (Å²) in [5, 5.41) is 8.27. The number of furan rings is 1. The molecule has 1 aliphatic carbocycles. The molecule has 8 heteroatoms. The maximum absolute atomic E-state index is 12.6. The van der Waals surface area contributed by atoms with Gasteiger partial charge in [-0.2, -0.15) is 0 Å². The predicted molar refractivity (Wildman–Crippen MR) is 113 cm³/mol. The molecule has 5 rings (SSSR count). The number of hydrogen-bond acceptors (Lipinski definition) is 5. The lowest BCUT2D eigenvalue weighted by Crippen LogP contribution is -2.34. The van der Waals surface area contributed by atoms with Gasteiger partial charge in [-0.25, -0.2) is 4.98 Å². The van der Waals surface area contributed by atoms with Crippen LogP contribution in [0.1, 0.15) is 27.3 Å². The molecular formula is C22H18N4O3S. The van der Waals surface area contributed by atoms with E-state index in [0.29, 0.717) is 28.4 Å². The number of rotatable bonds is 6. The highest BCUT2D eigenvalue weighted by Crippen LogP contribution is 2.26. The van der Waals surface area contributed by atoms with Gasteiger partial charge in [0.2, 0.25) is 0 Å². The van der Waals surface area contributed by atoms with Gasteiger partial charge in [0.1, 0.15) is 5.69 Å². The molecule has 0 bridgehead atoms. The highest BCUT2D eigenvalue weighted by molar-refractivity contribution is 7.13. The van der Waals surface area contributed by atoms with Crippen LogP contribution in [0.2, 0.25) is 0 Å². The standard InChI is InChI=1S/C22H18N4O3S/c27-20(14-5-3-6-15(11-14)26-8-1-2-9-26)23-16-12-17(16)24-21(28)18-13-30-22(25-18)19-7-4-10-29-19/h1-11,13,16-17H,12H2,(H,23,27)(H,24,28)/t16-,17-/m1/s1. The van der Waals surface area contributed by atoms with Crippen LogP contribution in [0.3, 0.4) is 0 Å². The van der Waals surface area contributed by atoms with Crippen molar-refractivity contribution in [1.82, 2.24) is 20.2 Å². The maximum Gasteiger partial charge on any atom is 0.271 e. The van der Waals surface area contributed by atoms with E-state index in [1.165, 1.54) is 11.3 Å². The third kappa shape index (κ3) is 3.77. The van der Waals surface area contributed by atoms with Crippen molar-refractivity contribution in [2.24, 2.45) is 0 Å². The number of nitrogens with one attached hydrogen (secondary N) is 2. The Morgan fingerprint density at radius 3 is 2.60 bits per heavy atom. The summed E-state index contributed by atoms with van der Waals surface area (Å²) in [6.45, 7) is 0. The minimum atomic E-state index is -0.250. The first-order valence-electron chi connectivity index (χ1n) is 9.52. The molecule has 3 heterocycles. The van der Waals surface area contributed by atoms with E-state index in [1.54, 1.807) is 29.8 Å². The van der Waals surface area contributed by atoms with Gasteiger partial charge in [0.05, 0.1) is 18.3 Å². The minimum Gasteiger partial charge on any atom is -0.462 e. The number of thiazole rings is 1. The van der Waals surface area contributed by atoms with Crippen LogP contribution >= 0.6 is 11.3 Å². The third-order valence-electron chi connectivity index (χ3n) is 4.90. The Labute approximate surface area is 176 Å². The van der Waals surface area contributed by atoms with E-state index in [4.69, 9.17) is 4.42 Å². The van der Waals surface area contributed by atoms with Crippen LogP contribution in [0.15, 0.2) is 77.0 Å². The second kappa shape index (κ2) is 7.64. The molecule has 0 spiro atoms. The van der Waals surface area contributed by atoms with Crippen molar-refractivity contribution in [1.29, 1.82) is 0 Å². The molecule has 1 aromatic carbocycles. The van der Waals surface area contributed by atoms with E-state index < -0.39 is 0 Å². The van der Waals surface area contributed by atoms with E-state index in [0.717, 1.165) is 5.69 Å². The Morgan fingerprint density at radius 1 is 1.03 bits per heavy atom. The van der Waals surface area contributed by atoms with Gasteiger partial charge in [-0.05, 0) is 48.9 Å². The molecule has 0 unspecified atom stereocenters. The highest BCUT2D eigenvalue weighted by atomic mass is 32.1. The van der Waals surface area contributed by atoms with Gasteiger partial charge in [0.25, 0.3) is 11.8 Å². The topological polar surface area (TPSA) is 89.2 Å². The summed E-state index contributed by atoms with van der Waals surface area (Å²) in [6.07, 6.45) is 6.13. The first-order chi connectivity index (χ1) is 14.7. The molecule has 2 N–H and O–H groups in total. The van der Waals surface area contributed by atoms with E-state index in [-0.39, 0.29) is 23.9 Å². The molecule has 3 aromatic heterocycles. The molecule has 1 fully saturated rings. The van der Waals surface area contributed by atoms with Crippen molar-refractivity contribution in [2.45, 2.75) is 18.5 Å². The van der Waals surface area contributed by atoms with Crippen molar-refractivity contribution in [3.8, 4) is 16.5 Å². The van der Waals surface area contributed by atoms with Crippen LogP contribution in [0.25, 0.3) is 16.5 Å². The average Bonchev–Trinajstić information content (AvgIpc) is 3.30. The Bertz CT molecular complexity index is 1180. The van der Waals surface area contributed by atoms with Crippen LogP contribution in [0.4, 0.5) is 0 Å². The van der Waals surface area contributed by atoms with Gasteiger partial charge in [0, 0.05) is 29.0 Å². The number of carbonyl (C=O) groups is 2. The van der Waals surface area contributed by atoms with Crippen molar-refractivity contribution >= 4 is 23.2 Å². The van der Waals surface area contributed by atoms with Gasteiger partial charge in [-0.15, -0.1) is 11.3 Å². The summed E-state index contributed by atoms with van der Waals surface area (Å²) in [5.74, 6) is 0.234. The van der Waals surface area contributed by atoms with Crippen molar-refractivity contribution in [2.75, 3.05) is 0 Å². The zero-order valence-corrected chi connectivity index (χ0v) is 16.6. The monoisotopic (exact) mass is 418 g/mol. The second-order valence-corrected chi connectivity index (χ2v) is 7.91.